The highest BCUT2D eigenvalue weighted by Gasteiger charge is 2.30. The van der Waals surface area contributed by atoms with Gasteiger partial charge in [0, 0.05) is 17.7 Å². The van der Waals surface area contributed by atoms with E-state index in [9.17, 15) is 14.9 Å². The van der Waals surface area contributed by atoms with Crippen molar-refractivity contribution in [3.63, 3.8) is 0 Å². The van der Waals surface area contributed by atoms with Crippen molar-refractivity contribution in [1.82, 2.24) is 4.90 Å². The molecular formula is C22H27N3O5. The van der Waals surface area contributed by atoms with Crippen LogP contribution in [0.2, 0.25) is 0 Å². The molecule has 1 heterocycles. The molecule has 2 aromatic rings. The predicted octanol–water partition coefficient (Wildman–Crippen LogP) is 4.00. The predicted molar refractivity (Wildman–Crippen MR) is 114 cm³/mol. The van der Waals surface area contributed by atoms with Gasteiger partial charge in [-0.15, -0.1) is 0 Å². The third kappa shape index (κ3) is 4.54. The molecule has 2 aromatic carbocycles. The first-order chi connectivity index (χ1) is 14.3. The van der Waals surface area contributed by atoms with Crippen LogP contribution in [-0.2, 0) is 4.79 Å². The summed E-state index contributed by atoms with van der Waals surface area (Å²) in [6.07, 6.45) is 1.84. The zero-order valence-electron chi connectivity index (χ0n) is 17.7. The molecule has 1 aliphatic heterocycles. The molecule has 0 saturated carbocycles. The topological polar surface area (TPSA) is 93.9 Å². The third-order valence-corrected chi connectivity index (χ3v) is 5.59. The van der Waals surface area contributed by atoms with Gasteiger partial charge in [0.05, 0.1) is 25.7 Å². The number of hydrogen-bond acceptors (Lipinski definition) is 6. The lowest BCUT2D eigenvalue weighted by molar-refractivity contribution is -0.384. The molecule has 1 amide bonds. The highest BCUT2D eigenvalue weighted by Crippen LogP contribution is 2.38. The van der Waals surface area contributed by atoms with Crippen LogP contribution in [0.3, 0.4) is 0 Å². The molecule has 1 atom stereocenters. The van der Waals surface area contributed by atoms with Gasteiger partial charge in [-0.25, -0.2) is 0 Å². The number of methoxy groups -OCH3 is 2. The Hall–Kier alpha value is -3.13. The van der Waals surface area contributed by atoms with E-state index in [0.29, 0.717) is 0 Å². The van der Waals surface area contributed by atoms with E-state index in [4.69, 9.17) is 9.47 Å². The van der Waals surface area contributed by atoms with Crippen molar-refractivity contribution >= 4 is 17.3 Å². The van der Waals surface area contributed by atoms with E-state index < -0.39 is 4.92 Å². The monoisotopic (exact) mass is 413 g/mol. The SMILES string of the molecule is COc1ccc(OC)c([C@@H]2CCCN2CC(=O)Nc2cc(C)c(C)cc2[N+](=O)[O-])c1. The van der Waals surface area contributed by atoms with Crippen LogP contribution in [0.4, 0.5) is 11.4 Å². The van der Waals surface area contributed by atoms with E-state index in [1.807, 2.05) is 32.0 Å². The van der Waals surface area contributed by atoms with Gasteiger partial charge < -0.3 is 14.8 Å². The van der Waals surface area contributed by atoms with Gasteiger partial charge in [-0.2, -0.15) is 0 Å². The first kappa shape index (κ1) is 21.6. The number of rotatable bonds is 7. The van der Waals surface area contributed by atoms with E-state index in [2.05, 4.69) is 10.2 Å². The zero-order chi connectivity index (χ0) is 21.8. The van der Waals surface area contributed by atoms with Crippen LogP contribution in [0, 0.1) is 24.0 Å². The molecule has 160 valence electrons. The lowest BCUT2D eigenvalue weighted by atomic mass is 10.0. The number of likely N-dealkylation sites (tertiary alicyclic amines) is 1. The number of nitrogens with one attached hydrogen (secondary N) is 1. The van der Waals surface area contributed by atoms with Crippen molar-refractivity contribution in [3.8, 4) is 11.5 Å². The van der Waals surface area contributed by atoms with Crippen molar-refractivity contribution < 1.29 is 19.2 Å². The van der Waals surface area contributed by atoms with Crippen LogP contribution in [0.5, 0.6) is 11.5 Å². The number of ether oxygens (including phenoxy) is 2. The first-order valence-electron chi connectivity index (χ1n) is 9.85. The van der Waals surface area contributed by atoms with Gasteiger partial charge in [0.25, 0.3) is 5.69 Å². The Morgan fingerprint density at radius 2 is 1.93 bits per heavy atom. The highest BCUT2D eigenvalue weighted by molar-refractivity contribution is 5.94. The number of nitro benzene ring substituents is 1. The Kier molecular flexibility index (Phi) is 6.56. The average molecular weight is 413 g/mol. The maximum Gasteiger partial charge on any atom is 0.293 e. The summed E-state index contributed by atoms with van der Waals surface area (Å²) in [6.45, 7) is 4.56. The van der Waals surface area contributed by atoms with Gasteiger partial charge in [0.15, 0.2) is 0 Å². The van der Waals surface area contributed by atoms with Gasteiger partial charge in [-0.05, 0) is 68.6 Å². The Morgan fingerprint density at radius 1 is 1.20 bits per heavy atom. The molecule has 0 unspecified atom stereocenters. The number of amides is 1. The third-order valence-electron chi connectivity index (χ3n) is 5.59. The van der Waals surface area contributed by atoms with Crippen LogP contribution < -0.4 is 14.8 Å². The summed E-state index contributed by atoms with van der Waals surface area (Å²) >= 11 is 0. The van der Waals surface area contributed by atoms with Gasteiger partial charge in [0.2, 0.25) is 5.91 Å². The Labute approximate surface area is 175 Å². The smallest absolute Gasteiger partial charge is 0.293 e. The fraction of sp³-hybridized carbons (Fsp3) is 0.409. The summed E-state index contributed by atoms with van der Waals surface area (Å²) in [6, 6.07) is 8.79. The van der Waals surface area contributed by atoms with Gasteiger partial charge in [0.1, 0.15) is 17.2 Å². The number of carbonyl (C=O) groups is 1. The Balaban J connectivity index is 1.79. The molecule has 30 heavy (non-hydrogen) atoms. The summed E-state index contributed by atoms with van der Waals surface area (Å²) in [5.41, 5.74) is 2.79. The van der Waals surface area contributed by atoms with Crippen LogP contribution >= 0.6 is 0 Å². The molecule has 0 aliphatic carbocycles. The van der Waals surface area contributed by atoms with E-state index in [-0.39, 0.29) is 29.9 Å². The van der Waals surface area contributed by atoms with Gasteiger partial charge >= 0.3 is 0 Å². The fourth-order valence-corrected chi connectivity index (χ4v) is 3.89. The quantitative estimate of drug-likeness (QED) is 0.545. The Bertz CT molecular complexity index is 960. The summed E-state index contributed by atoms with van der Waals surface area (Å²) < 4.78 is 10.9. The summed E-state index contributed by atoms with van der Waals surface area (Å²) in [7, 11) is 3.23. The minimum atomic E-state index is -0.470. The molecule has 8 heteroatoms. The highest BCUT2D eigenvalue weighted by atomic mass is 16.6. The molecule has 0 bridgehead atoms. The molecule has 0 aromatic heterocycles. The molecule has 3 rings (SSSR count). The molecule has 0 spiro atoms. The van der Waals surface area contributed by atoms with Gasteiger partial charge in [-0.3, -0.25) is 19.8 Å². The lowest BCUT2D eigenvalue weighted by Gasteiger charge is -2.26. The van der Waals surface area contributed by atoms with Crippen molar-refractivity contribution in [1.29, 1.82) is 0 Å². The molecule has 1 fully saturated rings. The number of aryl methyl sites for hydroxylation is 2. The van der Waals surface area contributed by atoms with Crippen LogP contribution in [0.1, 0.15) is 35.6 Å². The maximum atomic E-state index is 12.8. The number of hydrogen-bond donors (Lipinski definition) is 1. The molecule has 1 aliphatic rings. The first-order valence-corrected chi connectivity index (χ1v) is 9.85. The van der Waals surface area contributed by atoms with Crippen molar-refractivity contribution in [2.75, 3.05) is 32.6 Å². The normalized spacial score (nSPS) is 16.3. The standard InChI is InChI=1S/C22H27N3O5/c1-14-10-18(20(25(27)28)11-15(14)2)23-22(26)13-24-9-5-6-19(24)17-12-16(29-3)7-8-21(17)30-4/h7-8,10-12,19H,5-6,9,13H2,1-4H3,(H,23,26)/t19-/m0/s1. The second-order valence-electron chi connectivity index (χ2n) is 7.50. The van der Waals surface area contributed by atoms with E-state index >= 15 is 0 Å². The second kappa shape index (κ2) is 9.13. The van der Waals surface area contributed by atoms with E-state index in [0.717, 1.165) is 47.6 Å². The number of anilines is 1. The van der Waals surface area contributed by atoms with Gasteiger partial charge in [-0.1, -0.05) is 0 Å². The van der Waals surface area contributed by atoms with Crippen LogP contribution in [-0.4, -0.2) is 43.0 Å². The fourth-order valence-electron chi connectivity index (χ4n) is 3.89. The number of carbonyl (C=O) groups excluding carboxylic acids is 1. The lowest BCUT2D eigenvalue weighted by Crippen LogP contribution is -2.33. The molecule has 1 saturated heterocycles. The second-order valence-corrected chi connectivity index (χ2v) is 7.50. The molecule has 8 nitrogen and oxygen atoms in total. The summed E-state index contributed by atoms with van der Waals surface area (Å²) in [4.78, 5) is 25.8. The van der Waals surface area contributed by atoms with Crippen molar-refractivity contribution in [2.24, 2.45) is 0 Å². The van der Waals surface area contributed by atoms with Crippen LogP contribution in [0.15, 0.2) is 30.3 Å². The molecular weight excluding hydrogens is 386 g/mol. The van der Waals surface area contributed by atoms with E-state index in [1.54, 1.807) is 20.3 Å². The van der Waals surface area contributed by atoms with E-state index in [1.165, 1.54) is 6.07 Å². The maximum absolute atomic E-state index is 12.8. The number of benzene rings is 2. The number of nitro groups is 1. The summed E-state index contributed by atoms with van der Waals surface area (Å²) in [5.74, 6) is 1.20. The molecule has 1 N–H and O–H groups in total. The summed E-state index contributed by atoms with van der Waals surface area (Å²) in [5, 5.41) is 14.1. The zero-order valence-corrected chi connectivity index (χ0v) is 17.7. The van der Waals surface area contributed by atoms with Crippen molar-refractivity contribution in [2.45, 2.75) is 32.7 Å². The average Bonchev–Trinajstić information content (AvgIpc) is 3.17. The minimum absolute atomic E-state index is 0.00976. The Morgan fingerprint density at radius 3 is 2.60 bits per heavy atom. The van der Waals surface area contributed by atoms with Crippen LogP contribution in [0.25, 0.3) is 0 Å². The number of nitrogens with zero attached hydrogens (tertiary/aromatic N) is 2. The molecule has 0 radical (unpaired) electrons. The minimum Gasteiger partial charge on any atom is -0.497 e. The van der Waals surface area contributed by atoms with Crippen molar-refractivity contribution in [3.05, 3.63) is 57.1 Å². The largest absolute Gasteiger partial charge is 0.497 e.